The number of urea groups is 1. The van der Waals surface area contributed by atoms with E-state index in [2.05, 4.69) is 37.2 Å². The van der Waals surface area contributed by atoms with Gasteiger partial charge in [-0.1, -0.05) is 56.3 Å². The summed E-state index contributed by atoms with van der Waals surface area (Å²) in [5.74, 6) is 1.62. The molecule has 11 nitrogen and oxygen atoms in total. The minimum atomic E-state index is -0.590. The molecule has 1 saturated heterocycles. The van der Waals surface area contributed by atoms with Crippen molar-refractivity contribution < 1.29 is 23.9 Å². The highest BCUT2D eigenvalue weighted by Gasteiger charge is 2.25. The van der Waals surface area contributed by atoms with E-state index in [-0.39, 0.29) is 12.4 Å². The van der Waals surface area contributed by atoms with Crippen LogP contribution in [0.5, 0.6) is 5.75 Å². The van der Waals surface area contributed by atoms with Crippen LogP contribution in [-0.4, -0.2) is 76.6 Å². The molecule has 5 aromatic rings. The Kier molecular flexibility index (Phi) is 9.61. The molecule has 1 aliphatic heterocycles. The van der Waals surface area contributed by atoms with Crippen molar-refractivity contribution in [3.8, 4) is 17.0 Å². The number of rotatable bonds is 9. The number of hydrogen-bond acceptors (Lipinski definition) is 9. The van der Waals surface area contributed by atoms with Gasteiger partial charge in [-0.15, -0.1) is 0 Å². The van der Waals surface area contributed by atoms with Crippen molar-refractivity contribution in [1.29, 1.82) is 0 Å². The Morgan fingerprint density at radius 2 is 1.86 bits per heavy atom. The maximum Gasteiger partial charge on any atom is 0.324 e. The molecule has 1 fully saturated rings. The Labute approximate surface area is 254 Å². The van der Waals surface area contributed by atoms with Gasteiger partial charge in [0.2, 0.25) is 0 Å². The van der Waals surface area contributed by atoms with Gasteiger partial charge >= 0.3 is 6.03 Å². The fourth-order valence-corrected chi connectivity index (χ4v) is 5.60. The SMILES string of the molecule is CC.CC(C)(CO)c1cc(NC(=O)Nc2ccc(-c3cn4c(n3)sc3cc(OCCN5CCOCC5)ccc34)cc2)no1. The highest BCUT2D eigenvalue weighted by molar-refractivity contribution is 7.23. The number of hydrogen-bond donors (Lipinski definition) is 3. The monoisotopic (exact) mass is 606 g/mol. The van der Waals surface area contributed by atoms with Crippen LogP contribution >= 0.6 is 11.3 Å². The van der Waals surface area contributed by atoms with E-state index in [1.54, 1.807) is 17.4 Å². The Hall–Kier alpha value is -3.97. The molecule has 0 atom stereocenters. The van der Waals surface area contributed by atoms with Crippen LogP contribution in [-0.2, 0) is 10.2 Å². The first kappa shape index (κ1) is 30.5. The second kappa shape index (κ2) is 13.6. The highest BCUT2D eigenvalue weighted by Crippen LogP contribution is 2.32. The predicted molar refractivity (Wildman–Crippen MR) is 169 cm³/mol. The molecule has 43 heavy (non-hydrogen) atoms. The van der Waals surface area contributed by atoms with Crippen molar-refractivity contribution in [2.24, 2.45) is 0 Å². The molecule has 6 rings (SSSR count). The van der Waals surface area contributed by atoms with Crippen LogP contribution in [0.2, 0.25) is 0 Å². The molecule has 2 amide bonds. The summed E-state index contributed by atoms with van der Waals surface area (Å²) in [6.45, 7) is 12.6. The van der Waals surface area contributed by atoms with Crippen molar-refractivity contribution in [1.82, 2.24) is 19.4 Å². The van der Waals surface area contributed by atoms with E-state index in [9.17, 15) is 9.90 Å². The van der Waals surface area contributed by atoms with Gasteiger partial charge in [0.1, 0.15) is 18.1 Å². The number of aliphatic hydroxyl groups is 1. The van der Waals surface area contributed by atoms with Gasteiger partial charge in [0, 0.05) is 48.6 Å². The third kappa shape index (κ3) is 7.16. The number of ether oxygens (including phenoxy) is 2. The first-order valence-electron chi connectivity index (χ1n) is 14.5. The minimum absolute atomic E-state index is 0.100. The molecule has 0 unspecified atom stereocenters. The Bertz CT molecular complexity index is 1650. The van der Waals surface area contributed by atoms with Gasteiger partial charge in [0.15, 0.2) is 10.8 Å². The molecule has 3 aromatic heterocycles. The maximum absolute atomic E-state index is 12.4. The number of imidazole rings is 1. The third-order valence-electron chi connectivity index (χ3n) is 7.10. The predicted octanol–water partition coefficient (Wildman–Crippen LogP) is 5.86. The normalized spacial score (nSPS) is 14.0. The summed E-state index contributed by atoms with van der Waals surface area (Å²) in [6, 6.07) is 14.8. The molecule has 0 bridgehead atoms. The van der Waals surface area contributed by atoms with Crippen LogP contribution in [0, 0.1) is 0 Å². The fourth-order valence-electron chi connectivity index (χ4n) is 4.56. The van der Waals surface area contributed by atoms with Crippen LogP contribution in [0.4, 0.5) is 16.3 Å². The smallest absolute Gasteiger partial charge is 0.324 e. The van der Waals surface area contributed by atoms with E-state index in [1.807, 2.05) is 64.2 Å². The van der Waals surface area contributed by atoms with E-state index in [0.29, 0.717) is 18.1 Å². The number of amides is 2. The molecule has 1 aliphatic rings. The number of aromatic nitrogens is 3. The molecule has 0 saturated carbocycles. The van der Waals surface area contributed by atoms with Crippen LogP contribution in [0.25, 0.3) is 26.4 Å². The number of fused-ring (bicyclic) bond motifs is 3. The average molecular weight is 607 g/mol. The summed E-state index contributed by atoms with van der Waals surface area (Å²) in [5, 5.41) is 18.8. The quantitative estimate of drug-likeness (QED) is 0.191. The van der Waals surface area contributed by atoms with Gasteiger partial charge in [0.25, 0.3) is 0 Å². The Morgan fingerprint density at radius 3 is 2.60 bits per heavy atom. The number of carbonyl (C=O) groups is 1. The van der Waals surface area contributed by atoms with Gasteiger partial charge in [0.05, 0.1) is 35.7 Å². The van der Waals surface area contributed by atoms with E-state index in [0.717, 1.165) is 65.0 Å². The summed E-state index contributed by atoms with van der Waals surface area (Å²) in [7, 11) is 0. The highest BCUT2D eigenvalue weighted by atomic mass is 32.1. The van der Waals surface area contributed by atoms with Crippen LogP contribution in [0.3, 0.4) is 0 Å². The van der Waals surface area contributed by atoms with Crippen LogP contribution < -0.4 is 15.4 Å². The molecule has 0 radical (unpaired) electrons. The maximum atomic E-state index is 12.4. The number of carbonyl (C=O) groups excluding carboxylic acids is 1. The molecule has 4 heterocycles. The molecular formula is C31H38N6O5S. The standard InChI is InChI=1S/C29H32N6O5S.C2H6/c1-29(2,18-36)25-16-26(33-40-25)32-27(37)30-20-5-3-19(4-6-20)22-17-35-23-8-7-21(15-24(23)41-28(35)31-22)39-14-11-34-9-12-38-13-10-34;1-2/h3-8,15-17,36H,9-14,18H2,1-2H3,(H2,30,32,33,37);1-2H3. The Morgan fingerprint density at radius 1 is 1.09 bits per heavy atom. The van der Waals surface area contributed by atoms with Gasteiger partial charge < -0.3 is 24.4 Å². The van der Waals surface area contributed by atoms with Gasteiger partial charge in [-0.25, -0.2) is 9.78 Å². The second-order valence-electron chi connectivity index (χ2n) is 10.6. The Balaban J connectivity index is 0.00000180. The van der Waals surface area contributed by atoms with Gasteiger partial charge in [-0.2, -0.15) is 0 Å². The van der Waals surface area contributed by atoms with E-state index >= 15 is 0 Å². The van der Waals surface area contributed by atoms with E-state index in [1.165, 1.54) is 0 Å². The zero-order valence-corrected chi connectivity index (χ0v) is 25.7. The summed E-state index contributed by atoms with van der Waals surface area (Å²) < 4.78 is 19.9. The summed E-state index contributed by atoms with van der Waals surface area (Å²) in [4.78, 5) is 20.5. The van der Waals surface area contributed by atoms with Gasteiger partial charge in [-0.05, 0) is 30.3 Å². The van der Waals surface area contributed by atoms with Crippen molar-refractivity contribution in [2.75, 3.05) is 56.7 Å². The molecule has 12 heteroatoms. The lowest BCUT2D eigenvalue weighted by Crippen LogP contribution is -2.38. The number of morpholine rings is 1. The van der Waals surface area contributed by atoms with Crippen molar-refractivity contribution in [3.63, 3.8) is 0 Å². The summed E-state index contributed by atoms with van der Waals surface area (Å²) >= 11 is 1.62. The molecule has 0 spiro atoms. The zero-order chi connectivity index (χ0) is 30.4. The average Bonchev–Trinajstić information content (AvgIpc) is 3.74. The lowest BCUT2D eigenvalue weighted by atomic mass is 9.92. The molecule has 2 aromatic carbocycles. The molecule has 0 aliphatic carbocycles. The van der Waals surface area contributed by atoms with Crippen LogP contribution in [0.1, 0.15) is 33.5 Å². The third-order valence-corrected chi connectivity index (χ3v) is 8.12. The first-order chi connectivity index (χ1) is 20.9. The van der Waals surface area contributed by atoms with Crippen LogP contribution in [0.15, 0.2) is 59.3 Å². The lowest BCUT2D eigenvalue weighted by molar-refractivity contribution is 0.0322. The summed E-state index contributed by atoms with van der Waals surface area (Å²) in [6.07, 6.45) is 2.03. The van der Waals surface area contributed by atoms with Crippen molar-refractivity contribution in [2.45, 2.75) is 33.1 Å². The van der Waals surface area contributed by atoms with Gasteiger partial charge in [-0.3, -0.25) is 14.6 Å². The topological polar surface area (TPSA) is 126 Å². The fraction of sp³-hybridized carbons (Fsp3) is 0.387. The van der Waals surface area contributed by atoms with E-state index in [4.69, 9.17) is 19.0 Å². The molecule has 228 valence electrons. The number of aliphatic hydroxyl groups excluding tert-OH is 1. The van der Waals surface area contributed by atoms with Crippen molar-refractivity contribution in [3.05, 3.63) is 60.5 Å². The number of thiazole rings is 1. The van der Waals surface area contributed by atoms with E-state index < -0.39 is 11.4 Å². The molecular weight excluding hydrogens is 568 g/mol. The lowest BCUT2D eigenvalue weighted by Gasteiger charge is -2.26. The number of benzene rings is 2. The summed E-state index contributed by atoms with van der Waals surface area (Å²) in [5.41, 5.74) is 2.90. The van der Waals surface area contributed by atoms with Crippen molar-refractivity contribution >= 4 is 44.1 Å². The number of anilines is 2. The zero-order valence-electron chi connectivity index (χ0n) is 24.9. The first-order valence-corrected chi connectivity index (χ1v) is 15.3. The number of nitrogens with one attached hydrogen (secondary N) is 2. The number of nitrogens with zero attached hydrogens (tertiary/aromatic N) is 4. The largest absolute Gasteiger partial charge is 0.492 e. The molecule has 3 N–H and O–H groups in total. The minimum Gasteiger partial charge on any atom is -0.492 e. The second-order valence-corrected chi connectivity index (χ2v) is 11.6.